The Morgan fingerprint density at radius 2 is 2.12 bits per heavy atom. The van der Waals surface area contributed by atoms with Gasteiger partial charge in [-0.15, -0.1) is 17.5 Å². The molecule has 1 aromatic heterocycles. The zero-order valence-corrected chi connectivity index (χ0v) is 13.9. The third kappa shape index (κ3) is 3.93. The van der Waals surface area contributed by atoms with Crippen LogP contribution < -0.4 is 5.73 Å². The normalized spacial score (nSPS) is 17.4. The summed E-state index contributed by atoms with van der Waals surface area (Å²) in [5.41, 5.74) is 5.14. The van der Waals surface area contributed by atoms with E-state index in [0.717, 1.165) is 29.7 Å². The van der Waals surface area contributed by atoms with Crippen LogP contribution in [0.1, 0.15) is 28.9 Å². The third-order valence-electron chi connectivity index (χ3n) is 4.06. The predicted octanol–water partition coefficient (Wildman–Crippen LogP) is 2.27. The van der Waals surface area contributed by atoms with Crippen LogP contribution in [0.5, 0.6) is 0 Å². The number of carbonyl (C=O) groups excluding carboxylic acids is 1. The molecule has 0 aliphatic carbocycles. The smallest absolute Gasteiger partial charge is 0.333 e. The van der Waals surface area contributed by atoms with E-state index in [1.165, 1.54) is 18.3 Å². The van der Waals surface area contributed by atoms with E-state index < -0.39 is 11.7 Å². The molecule has 2 aromatic rings. The first-order valence-electron chi connectivity index (χ1n) is 7.51. The molecule has 1 aromatic carbocycles. The van der Waals surface area contributed by atoms with Crippen molar-refractivity contribution in [2.24, 2.45) is 5.73 Å². The Labute approximate surface area is 148 Å². The molecule has 1 saturated heterocycles. The van der Waals surface area contributed by atoms with Crippen LogP contribution in [-0.2, 0) is 6.18 Å². The Hall–Kier alpha value is -2.13. The van der Waals surface area contributed by atoms with Crippen molar-refractivity contribution in [3.63, 3.8) is 0 Å². The summed E-state index contributed by atoms with van der Waals surface area (Å²) in [5.74, 6) is -0.304. The number of rotatable bonds is 3. The summed E-state index contributed by atoms with van der Waals surface area (Å²) in [6.45, 7) is 0.963. The molecule has 2 heterocycles. The molecule has 1 aliphatic rings. The zero-order valence-electron chi connectivity index (χ0n) is 13.1. The minimum absolute atomic E-state index is 0. The molecule has 10 heteroatoms. The lowest BCUT2D eigenvalue weighted by Crippen LogP contribution is -2.40. The molecule has 2 N–H and O–H groups in total. The van der Waals surface area contributed by atoms with Crippen molar-refractivity contribution in [1.29, 1.82) is 0 Å². The monoisotopic (exact) mass is 375 g/mol. The van der Waals surface area contributed by atoms with Crippen LogP contribution in [0.15, 0.2) is 30.5 Å². The Balaban J connectivity index is 0.00000225. The largest absolute Gasteiger partial charge is 0.416 e. The first kappa shape index (κ1) is 19.2. The molecule has 0 spiro atoms. The van der Waals surface area contributed by atoms with Crippen LogP contribution in [0, 0.1) is 0 Å². The minimum Gasteiger partial charge on any atom is -0.333 e. The molecule has 1 amide bonds. The minimum atomic E-state index is -4.45. The van der Waals surface area contributed by atoms with Gasteiger partial charge in [0.05, 0.1) is 17.4 Å². The number of hydrogen-bond donors (Lipinski definition) is 1. The van der Waals surface area contributed by atoms with Crippen LogP contribution in [0.4, 0.5) is 13.2 Å². The number of benzene rings is 1. The number of alkyl halides is 3. The highest BCUT2D eigenvalue weighted by molar-refractivity contribution is 5.92. The summed E-state index contributed by atoms with van der Waals surface area (Å²) in [6, 6.07) is 4.66. The predicted molar refractivity (Wildman–Crippen MR) is 86.7 cm³/mol. The third-order valence-corrected chi connectivity index (χ3v) is 4.06. The van der Waals surface area contributed by atoms with Crippen molar-refractivity contribution in [1.82, 2.24) is 19.9 Å². The second kappa shape index (κ2) is 7.40. The van der Waals surface area contributed by atoms with E-state index in [2.05, 4.69) is 10.3 Å². The average Bonchev–Trinajstić information content (AvgIpc) is 3.22. The van der Waals surface area contributed by atoms with Crippen LogP contribution in [0.3, 0.4) is 0 Å². The maximum atomic E-state index is 12.8. The Morgan fingerprint density at radius 3 is 2.80 bits per heavy atom. The van der Waals surface area contributed by atoms with Gasteiger partial charge in [0, 0.05) is 19.1 Å². The van der Waals surface area contributed by atoms with Gasteiger partial charge in [-0.3, -0.25) is 4.79 Å². The zero-order chi connectivity index (χ0) is 17.3. The highest BCUT2D eigenvalue weighted by Crippen LogP contribution is 2.30. The first-order valence-corrected chi connectivity index (χ1v) is 7.51. The Kier molecular flexibility index (Phi) is 5.69. The van der Waals surface area contributed by atoms with Crippen molar-refractivity contribution in [2.75, 3.05) is 13.1 Å². The molecule has 1 atom stereocenters. The fourth-order valence-electron chi connectivity index (χ4n) is 2.81. The second-order valence-electron chi connectivity index (χ2n) is 5.63. The van der Waals surface area contributed by atoms with E-state index in [1.807, 2.05) is 0 Å². The van der Waals surface area contributed by atoms with E-state index in [9.17, 15) is 18.0 Å². The van der Waals surface area contributed by atoms with Gasteiger partial charge in [-0.25, -0.2) is 4.68 Å². The number of carbonyl (C=O) groups is 1. The van der Waals surface area contributed by atoms with Crippen molar-refractivity contribution >= 4 is 18.3 Å². The van der Waals surface area contributed by atoms with Crippen LogP contribution >= 0.6 is 12.4 Å². The molecular weight excluding hydrogens is 359 g/mol. The molecule has 0 bridgehead atoms. The highest BCUT2D eigenvalue weighted by atomic mass is 35.5. The number of aromatic nitrogens is 3. The van der Waals surface area contributed by atoms with Crippen molar-refractivity contribution < 1.29 is 18.0 Å². The van der Waals surface area contributed by atoms with E-state index in [-0.39, 0.29) is 35.7 Å². The van der Waals surface area contributed by atoms with Crippen LogP contribution in [0.2, 0.25) is 0 Å². The average molecular weight is 376 g/mol. The summed E-state index contributed by atoms with van der Waals surface area (Å²) in [5, 5.41) is 7.57. The van der Waals surface area contributed by atoms with Gasteiger partial charge in [0.1, 0.15) is 0 Å². The summed E-state index contributed by atoms with van der Waals surface area (Å²) in [7, 11) is 0. The van der Waals surface area contributed by atoms with E-state index in [1.54, 1.807) is 4.90 Å². The number of amides is 1. The molecule has 1 aliphatic heterocycles. The molecular formula is C15H17ClF3N5O. The maximum absolute atomic E-state index is 12.8. The van der Waals surface area contributed by atoms with Crippen LogP contribution in [-0.4, -0.2) is 44.9 Å². The fraction of sp³-hybridized carbons (Fsp3) is 0.400. The highest BCUT2D eigenvalue weighted by Gasteiger charge is 2.31. The lowest BCUT2D eigenvalue weighted by molar-refractivity contribution is -0.137. The lowest BCUT2D eigenvalue weighted by atomic mass is 10.2. The number of nitrogens with zero attached hydrogens (tertiary/aromatic N) is 4. The van der Waals surface area contributed by atoms with Crippen molar-refractivity contribution in [3.8, 4) is 5.69 Å². The number of halogens is 4. The number of hydrogen-bond acceptors (Lipinski definition) is 4. The van der Waals surface area contributed by atoms with Gasteiger partial charge in [-0.2, -0.15) is 13.2 Å². The molecule has 6 nitrogen and oxygen atoms in total. The van der Waals surface area contributed by atoms with Crippen molar-refractivity contribution in [2.45, 2.75) is 25.1 Å². The molecule has 0 saturated carbocycles. The molecule has 25 heavy (non-hydrogen) atoms. The number of nitrogens with two attached hydrogens (primary N) is 1. The first-order chi connectivity index (χ1) is 11.4. The van der Waals surface area contributed by atoms with Gasteiger partial charge < -0.3 is 10.6 Å². The van der Waals surface area contributed by atoms with Gasteiger partial charge in [-0.1, -0.05) is 11.3 Å². The van der Waals surface area contributed by atoms with E-state index >= 15 is 0 Å². The van der Waals surface area contributed by atoms with Gasteiger partial charge in [0.2, 0.25) is 0 Å². The lowest BCUT2D eigenvalue weighted by Gasteiger charge is -2.22. The maximum Gasteiger partial charge on any atom is 0.416 e. The fourth-order valence-corrected chi connectivity index (χ4v) is 2.81. The van der Waals surface area contributed by atoms with E-state index in [4.69, 9.17) is 5.73 Å². The Morgan fingerprint density at radius 1 is 1.36 bits per heavy atom. The second-order valence-corrected chi connectivity index (χ2v) is 5.63. The summed E-state index contributed by atoms with van der Waals surface area (Å²) < 4.78 is 39.5. The molecule has 136 valence electrons. The molecule has 1 fully saturated rings. The summed E-state index contributed by atoms with van der Waals surface area (Å²) in [6.07, 6.45) is -1.40. The summed E-state index contributed by atoms with van der Waals surface area (Å²) in [4.78, 5) is 14.1. The van der Waals surface area contributed by atoms with Crippen LogP contribution in [0.25, 0.3) is 5.69 Å². The SMILES string of the molecule is Cl.NCC1CCCN1C(=O)c1cn(-c2cccc(C(F)(F)F)c2)nn1. The van der Waals surface area contributed by atoms with Crippen molar-refractivity contribution in [3.05, 3.63) is 41.7 Å². The standard InChI is InChI=1S/C15H16F3N5O.ClH/c16-15(17,18)10-3-1-4-11(7-10)23-9-13(20-21-23)14(24)22-6-2-5-12(22)8-19;/h1,3-4,7,9,12H,2,5-6,8,19H2;1H. The van der Waals surface area contributed by atoms with Gasteiger partial charge in [0.15, 0.2) is 5.69 Å². The topological polar surface area (TPSA) is 77.0 Å². The van der Waals surface area contributed by atoms with E-state index in [0.29, 0.717) is 13.1 Å². The Bertz CT molecular complexity index is 749. The van der Waals surface area contributed by atoms with Gasteiger partial charge in [-0.05, 0) is 31.0 Å². The quantitative estimate of drug-likeness (QED) is 0.892. The molecule has 3 rings (SSSR count). The number of likely N-dealkylation sites (tertiary alicyclic amines) is 1. The van der Waals surface area contributed by atoms with Gasteiger partial charge >= 0.3 is 6.18 Å². The summed E-state index contributed by atoms with van der Waals surface area (Å²) >= 11 is 0. The molecule has 0 radical (unpaired) electrons. The molecule has 1 unspecified atom stereocenters. The van der Waals surface area contributed by atoms with Gasteiger partial charge in [0.25, 0.3) is 5.91 Å².